The first-order valence-electron chi connectivity index (χ1n) is 11.5. The summed E-state index contributed by atoms with van der Waals surface area (Å²) in [6, 6.07) is 9.20. The van der Waals surface area contributed by atoms with Crippen LogP contribution in [-0.2, 0) is 14.2 Å². The number of nitrogens with zero attached hydrogens (tertiary/aromatic N) is 3. The molecule has 1 N–H and O–H groups in total. The molecule has 2 aliphatic rings. The number of methoxy groups -OCH3 is 1. The Balaban J connectivity index is 1.39. The highest BCUT2D eigenvalue weighted by Gasteiger charge is 2.35. The first-order valence-corrected chi connectivity index (χ1v) is 11.5. The molecule has 9 heteroatoms. The minimum Gasteiger partial charge on any atom is -0.491 e. The van der Waals surface area contributed by atoms with E-state index in [0.717, 1.165) is 45.0 Å². The third-order valence-electron chi connectivity index (χ3n) is 5.54. The van der Waals surface area contributed by atoms with E-state index in [-0.39, 0.29) is 24.4 Å². The number of nitrogens with one attached hydrogen (secondary N) is 1. The van der Waals surface area contributed by atoms with Crippen molar-refractivity contribution < 1.29 is 23.7 Å². The molecule has 9 nitrogen and oxygen atoms in total. The van der Waals surface area contributed by atoms with Crippen molar-refractivity contribution in [3.63, 3.8) is 0 Å². The van der Waals surface area contributed by atoms with Gasteiger partial charge in [-0.3, -0.25) is 9.80 Å². The largest absolute Gasteiger partial charge is 0.491 e. The topological polar surface area (TPSA) is 96.3 Å². The molecule has 0 spiro atoms. The molecule has 2 heterocycles. The number of ether oxygens (including phenoxy) is 4. The average Bonchev–Trinajstić information content (AvgIpc) is 2.75. The quantitative estimate of drug-likeness (QED) is 0.597. The van der Waals surface area contributed by atoms with Crippen molar-refractivity contribution in [2.45, 2.75) is 44.7 Å². The van der Waals surface area contributed by atoms with Gasteiger partial charge in [0.1, 0.15) is 24.1 Å². The maximum Gasteiger partial charge on any atom is 0.407 e. The second-order valence-corrected chi connectivity index (χ2v) is 9.59. The van der Waals surface area contributed by atoms with Crippen LogP contribution >= 0.6 is 0 Å². The predicted octanol–water partition coefficient (Wildman–Crippen LogP) is 1.86. The van der Waals surface area contributed by atoms with Crippen LogP contribution < -0.4 is 10.1 Å². The van der Waals surface area contributed by atoms with E-state index >= 15 is 0 Å². The highest BCUT2D eigenvalue weighted by atomic mass is 16.6. The molecule has 0 saturated carbocycles. The molecule has 2 bridgehead atoms. The number of hydrogen-bond acceptors (Lipinski definition) is 8. The van der Waals surface area contributed by atoms with Gasteiger partial charge in [-0.05, 0) is 45.0 Å². The Morgan fingerprint density at radius 1 is 1.18 bits per heavy atom. The fraction of sp³-hybridized carbons (Fsp3) is 0.667. The maximum absolute atomic E-state index is 11.8. The van der Waals surface area contributed by atoms with E-state index in [1.807, 2.05) is 20.8 Å². The summed E-state index contributed by atoms with van der Waals surface area (Å²) in [4.78, 5) is 16.5. The number of amides is 1. The lowest BCUT2D eigenvalue weighted by atomic mass is 10.1. The molecular formula is C24H36N4O5. The van der Waals surface area contributed by atoms with Crippen molar-refractivity contribution in [1.82, 2.24) is 15.1 Å². The number of fused-ring (bicyclic) bond motifs is 2. The van der Waals surface area contributed by atoms with Gasteiger partial charge in [0.25, 0.3) is 0 Å². The molecule has 1 amide bonds. The van der Waals surface area contributed by atoms with Gasteiger partial charge in [-0.2, -0.15) is 5.26 Å². The van der Waals surface area contributed by atoms with Gasteiger partial charge < -0.3 is 24.3 Å². The fourth-order valence-electron chi connectivity index (χ4n) is 4.12. The van der Waals surface area contributed by atoms with E-state index in [1.54, 1.807) is 31.4 Å². The van der Waals surface area contributed by atoms with E-state index in [0.29, 0.717) is 18.7 Å². The lowest BCUT2D eigenvalue weighted by Crippen LogP contribution is -2.61. The number of alkyl carbamates (subject to hydrolysis) is 1. The van der Waals surface area contributed by atoms with Crippen LogP contribution in [0.15, 0.2) is 24.3 Å². The van der Waals surface area contributed by atoms with E-state index in [1.165, 1.54) is 0 Å². The van der Waals surface area contributed by atoms with Gasteiger partial charge in [0.15, 0.2) is 0 Å². The maximum atomic E-state index is 11.8. The van der Waals surface area contributed by atoms with Gasteiger partial charge >= 0.3 is 6.09 Å². The van der Waals surface area contributed by atoms with Crippen LogP contribution in [-0.4, -0.2) is 99.3 Å². The highest BCUT2D eigenvalue weighted by molar-refractivity contribution is 5.67. The molecule has 3 rings (SSSR count). The average molecular weight is 461 g/mol. The lowest BCUT2D eigenvalue weighted by molar-refractivity contribution is -0.144. The first kappa shape index (κ1) is 25.2. The number of hydrogen-bond donors (Lipinski definition) is 1. The standard InChI is InChI=1S/C24H36N4O5/c1-24(2,3)33-23(29)26-9-10-27-12-20-14-28(15-21(13-27)32-20)16-22(30-4)17-31-19-7-5-18(11-25)6-8-19/h5-8,20-22H,9-10,12-17H2,1-4H3,(H,26,29)/t20?,21?,22-/m0/s1. The molecule has 2 saturated heterocycles. The Morgan fingerprint density at radius 3 is 2.39 bits per heavy atom. The summed E-state index contributed by atoms with van der Waals surface area (Å²) in [5.74, 6) is 0.727. The van der Waals surface area contributed by atoms with Crippen LogP contribution in [0.25, 0.3) is 0 Å². The zero-order valence-corrected chi connectivity index (χ0v) is 20.1. The molecule has 33 heavy (non-hydrogen) atoms. The van der Waals surface area contributed by atoms with Crippen LogP contribution in [0.2, 0.25) is 0 Å². The van der Waals surface area contributed by atoms with Gasteiger partial charge in [0.2, 0.25) is 0 Å². The van der Waals surface area contributed by atoms with Gasteiger partial charge in [-0.15, -0.1) is 0 Å². The van der Waals surface area contributed by atoms with Crippen LogP contribution in [0, 0.1) is 11.3 Å². The molecule has 2 aliphatic heterocycles. The van der Waals surface area contributed by atoms with Crippen molar-refractivity contribution in [2.75, 3.05) is 59.5 Å². The van der Waals surface area contributed by atoms with E-state index in [2.05, 4.69) is 21.2 Å². The van der Waals surface area contributed by atoms with Gasteiger partial charge in [-0.1, -0.05) is 0 Å². The third kappa shape index (κ3) is 8.48. The monoisotopic (exact) mass is 460 g/mol. The SMILES string of the molecule is CO[C@H](COc1ccc(C#N)cc1)CN1CC2CN(CCNC(=O)OC(C)(C)C)CC(C1)O2. The zero-order valence-electron chi connectivity index (χ0n) is 20.1. The fourth-order valence-corrected chi connectivity index (χ4v) is 4.12. The second-order valence-electron chi connectivity index (χ2n) is 9.59. The number of morpholine rings is 2. The van der Waals surface area contributed by atoms with Crippen LogP contribution in [0.1, 0.15) is 26.3 Å². The first-order chi connectivity index (χ1) is 15.7. The third-order valence-corrected chi connectivity index (χ3v) is 5.54. The Hall–Kier alpha value is -2.38. The second kappa shape index (κ2) is 11.7. The smallest absolute Gasteiger partial charge is 0.407 e. The van der Waals surface area contributed by atoms with Crippen LogP contribution in [0.5, 0.6) is 5.75 Å². The summed E-state index contributed by atoms with van der Waals surface area (Å²) in [5.41, 5.74) is 0.122. The summed E-state index contributed by atoms with van der Waals surface area (Å²) >= 11 is 0. The Morgan fingerprint density at radius 2 is 1.82 bits per heavy atom. The highest BCUT2D eigenvalue weighted by Crippen LogP contribution is 2.20. The molecule has 1 aromatic carbocycles. The number of benzene rings is 1. The molecule has 2 fully saturated rings. The normalized spacial score (nSPS) is 22.3. The number of carbonyl (C=O) groups is 1. The van der Waals surface area contributed by atoms with Crippen LogP contribution in [0.3, 0.4) is 0 Å². The predicted molar refractivity (Wildman–Crippen MR) is 123 cm³/mol. The van der Waals surface area contributed by atoms with E-state index < -0.39 is 5.60 Å². The molecular weight excluding hydrogens is 424 g/mol. The van der Waals surface area contributed by atoms with Crippen molar-refractivity contribution in [3.05, 3.63) is 29.8 Å². The van der Waals surface area contributed by atoms with E-state index in [4.69, 9.17) is 24.2 Å². The summed E-state index contributed by atoms with van der Waals surface area (Å²) in [6.07, 6.45) is -0.170. The van der Waals surface area contributed by atoms with Crippen molar-refractivity contribution in [1.29, 1.82) is 5.26 Å². The van der Waals surface area contributed by atoms with Gasteiger partial charge in [0, 0.05) is 52.9 Å². The van der Waals surface area contributed by atoms with Crippen LogP contribution in [0.4, 0.5) is 4.79 Å². The summed E-state index contributed by atoms with van der Waals surface area (Å²) in [6.45, 7) is 11.4. The van der Waals surface area contributed by atoms with Crippen molar-refractivity contribution in [2.24, 2.45) is 0 Å². The molecule has 2 unspecified atom stereocenters. The van der Waals surface area contributed by atoms with Gasteiger partial charge in [-0.25, -0.2) is 4.79 Å². The molecule has 182 valence electrons. The lowest BCUT2D eigenvalue weighted by Gasteiger charge is -2.46. The van der Waals surface area contributed by atoms with Crippen molar-refractivity contribution in [3.8, 4) is 11.8 Å². The zero-order chi connectivity index (χ0) is 23.8. The van der Waals surface area contributed by atoms with Crippen molar-refractivity contribution >= 4 is 6.09 Å². The minimum atomic E-state index is -0.489. The number of nitriles is 1. The molecule has 3 atom stereocenters. The number of carbonyl (C=O) groups excluding carboxylic acids is 1. The summed E-state index contributed by atoms with van der Waals surface area (Å²) in [7, 11) is 1.70. The Labute approximate surface area is 196 Å². The summed E-state index contributed by atoms with van der Waals surface area (Å²) < 4.78 is 22.9. The Bertz CT molecular complexity index is 791. The number of rotatable bonds is 9. The minimum absolute atomic E-state index is 0.0615. The van der Waals surface area contributed by atoms with E-state index in [9.17, 15) is 4.79 Å². The van der Waals surface area contributed by atoms with Gasteiger partial charge in [0.05, 0.1) is 23.8 Å². The Kier molecular flexibility index (Phi) is 8.92. The molecule has 0 radical (unpaired) electrons. The molecule has 1 aromatic rings. The molecule has 0 aromatic heterocycles. The molecule has 0 aliphatic carbocycles. The summed E-state index contributed by atoms with van der Waals surface area (Å²) in [5, 5.41) is 11.7.